The summed E-state index contributed by atoms with van der Waals surface area (Å²) in [5.41, 5.74) is 5.82. The number of carbonyl (C=O) groups is 6. The van der Waals surface area contributed by atoms with Gasteiger partial charge in [-0.15, -0.1) is 0 Å². The number of amides is 3. The summed E-state index contributed by atoms with van der Waals surface area (Å²) in [4.78, 5) is 71.0. The first-order valence-electron chi connectivity index (χ1n) is 10.6. The highest BCUT2D eigenvalue weighted by molar-refractivity contribution is 7.98. The zero-order valence-electron chi connectivity index (χ0n) is 19.4. The number of carboxylic acid groups (broad SMARTS) is 3. The Morgan fingerprint density at radius 3 is 1.56 bits per heavy atom. The van der Waals surface area contributed by atoms with Gasteiger partial charge < -0.3 is 37.0 Å². The van der Waals surface area contributed by atoms with Gasteiger partial charge in [-0.25, -0.2) is 4.79 Å². The largest absolute Gasteiger partial charge is 0.481 e. The van der Waals surface area contributed by atoms with Crippen molar-refractivity contribution >= 4 is 47.4 Å². The molecule has 194 valence electrons. The molecular formula is C20H34N4O9S. The molecular weight excluding hydrogens is 472 g/mol. The summed E-state index contributed by atoms with van der Waals surface area (Å²) in [7, 11) is 0. The van der Waals surface area contributed by atoms with Crippen LogP contribution in [-0.2, 0) is 28.8 Å². The summed E-state index contributed by atoms with van der Waals surface area (Å²) >= 11 is 1.42. The molecule has 0 rings (SSSR count). The molecule has 0 aromatic heterocycles. The summed E-state index contributed by atoms with van der Waals surface area (Å²) in [6.45, 7) is 3.47. The lowest BCUT2D eigenvalue weighted by Crippen LogP contribution is -2.57. The average Bonchev–Trinajstić information content (AvgIpc) is 2.74. The van der Waals surface area contributed by atoms with Crippen LogP contribution in [0, 0.1) is 5.92 Å². The van der Waals surface area contributed by atoms with Crippen molar-refractivity contribution in [3.8, 4) is 0 Å². The molecule has 0 aliphatic rings. The van der Waals surface area contributed by atoms with Gasteiger partial charge in [-0.05, 0) is 37.2 Å². The van der Waals surface area contributed by atoms with Crippen LogP contribution in [0.25, 0.3) is 0 Å². The fourth-order valence-corrected chi connectivity index (χ4v) is 3.15. The Bertz CT molecular complexity index is 748. The number of carboxylic acids is 3. The predicted molar refractivity (Wildman–Crippen MR) is 123 cm³/mol. The lowest BCUT2D eigenvalue weighted by molar-refractivity contribution is -0.144. The van der Waals surface area contributed by atoms with Crippen LogP contribution in [0.1, 0.15) is 46.0 Å². The van der Waals surface area contributed by atoms with Gasteiger partial charge in [0.2, 0.25) is 17.7 Å². The first kappa shape index (κ1) is 31.1. The van der Waals surface area contributed by atoms with E-state index in [9.17, 15) is 33.9 Å². The van der Waals surface area contributed by atoms with Gasteiger partial charge in [0.05, 0.1) is 6.04 Å². The van der Waals surface area contributed by atoms with E-state index in [2.05, 4.69) is 16.0 Å². The third-order valence-corrected chi connectivity index (χ3v) is 5.45. The smallest absolute Gasteiger partial charge is 0.326 e. The number of thioether (sulfide) groups is 1. The van der Waals surface area contributed by atoms with E-state index in [1.165, 1.54) is 11.8 Å². The fourth-order valence-electron chi connectivity index (χ4n) is 2.68. The Kier molecular flexibility index (Phi) is 14.5. The quantitative estimate of drug-likeness (QED) is 0.126. The van der Waals surface area contributed by atoms with Crippen LogP contribution >= 0.6 is 11.8 Å². The molecule has 3 amide bonds. The van der Waals surface area contributed by atoms with Crippen molar-refractivity contribution in [2.24, 2.45) is 11.7 Å². The Morgan fingerprint density at radius 1 is 0.735 bits per heavy atom. The zero-order valence-corrected chi connectivity index (χ0v) is 20.2. The number of aliphatic carboxylic acids is 3. The van der Waals surface area contributed by atoms with Gasteiger partial charge in [-0.2, -0.15) is 11.8 Å². The Hall–Kier alpha value is -2.87. The van der Waals surface area contributed by atoms with Crippen LogP contribution in [0.15, 0.2) is 0 Å². The number of hydrogen-bond acceptors (Lipinski definition) is 8. The lowest BCUT2D eigenvalue weighted by atomic mass is 10.0. The summed E-state index contributed by atoms with van der Waals surface area (Å²) in [6, 6.07) is -4.92. The van der Waals surface area contributed by atoms with E-state index in [1.54, 1.807) is 20.1 Å². The first-order valence-corrected chi connectivity index (χ1v) is 12.0. The van der Waals surface area contributed by atoms with Crippen molar-refractivity contribution in [2.75, 3.05) is 12.0 Å². The van der Waals surface area contributed by atoms with E-state index in [1.807, 2.05) is 0 Å². The minimum atomic E-state index is -1.55. The standard InChI is InChI=1S/C20H34N4O9S/c1-10(2)16(21)19(31)23-12(8-9-34-3)18(30)22-11(4-6-14(25)26)17(29)24-13(20(32)33)5-7-15(27)28/h10-13,16H,4-9,21H2,1-3H3,(H,22,30)(H,23,31)(H,24,29)(H,25,26)(H,27,28)(H,32,33). The van der Waals surface area contributed by atoms with Crippen LogP contribution in [0.2, 0.25) is 0 Å². The summed E-state index contributed by atoms with van der Waals surface area (Å²) in [6.07, 6.45) is 0.200. The number of carbonyl (C=O) groups excluding carboxylic acids is 3. The summed E-state index contributed by atoms with van der Waals surface area (Å²) in [5.74, 6) is -6.02. The molecule has 0 saturated carbocycles. The van der Waals surface area contributed by atoms with Gasteiger partial charge in [0.1, 0.15) is 18.1 Å². The molecule has 0 aliphatic carbocycles. The molecule has 0 aromatic rings. The molecule has 0 fully saturated rings. The van der Waals surface area contributed by atoms with Gasteiger partial charge >= 0.3 is 17.9 Å². The molecule has 0 heterocycles. The van der Waals surface area contributed by atoms with Crippen molar-refractivity contribution in [1.82, 2.24) is 16.0 Å². The molecule has 8 N–H and O–H groups in total. The highest BCUT2D eigenvalue weighted by Gasteiger charge is 2.31. The average molecular weight is 507 g/mol. The normalized spacial score (nSPS) is 14.4. The molecule has 13 nitrogen and oxygen atoms in total. The topological polar surface area (TPSA) is 225 Å². The van der Waals surface area contributed by atoms with E-state index in [4.69, 9.17) is 15.9 Å². The van der Waals surface area contributed by atoms with Crippen LogP contribution < -0.4 is 21.7 Å². The van der Waals surface area contributed by atoms with Crippen molar-refractivity contribution in [3.63, 3.8) is 0 Å². The maximum Gasteiger partial charge on any atom is 0.326 e. The highest BCUT2D eigenvalue weighted by Crippen LogP contribution is 2.07. The summed E-state index contributed by atoms with van der Waals surface area (Å²) < 4.78 is 0. The molecule has 4 unspecified atom stereocenters. The molecule has 0 aliphatic heterocycles. The Morgan fingerprint density at radius 2 is 1.15 bits per heavy atom. The monoisotopic (exact) mass is 506 g/mol. The van der Waals surface area contributed by atoms with E-state index in [0.717, 1.165) is 0 Å². The number of rotatable bonds is 17. The molecule has 0 spiro atoms. The third kappa shape index (κ3) is 12.4. The van der Waals surface area contributed by atoms with Gasteiger partial charge in [-0.1, -0.05) is 13.8 Å². The maximum atomic E-state index is 12.9. The molecule has 14 heteroatoms. The van der Waals surface area contributed by atoms with Crippen molar-refractivity contribution in [1.29, 1.82) is 0 Å². The summed E-state index contributed by atoms with van der Waals surface area (Å²) in [5, 5.41) is 34.0. The van der Waals surface area contributed by atoms with Crippen molar-refractivity contribution < 1.29 is 44.1 Å². The molecule has 0 saturated heterocycles. The van der Waals surface area contributed by atoms with Crippen LogP contribution in [0.5, 0.6) is 0 Å². The second kappa shape index (κ2) is 15.9. The van der Waals surface area contributed by atoms with Gasteiger partial charge in [-0.3, -0.25) is 24.0 Å². The minimum absolute atomic E-state index is 0.197. The molecule has 4 atom stereocenters. The Balaban J connectivity index is 5.55. The fraction of sp³-hybridized carbons (Fsp3) is 0.700. The van der Waals surface area contributed by atoms with Crippen LogP contribution in [-0.4, -0.2) is 87.1 Å². The van der Waals surface area contributed by atoms with E-state index in [0.29, 0.717) is 5.75 Å². The minimum Gasteiger partial charge on any atom is -0.481 e. The van der Waals surface area contributed by atoms with Gasteiger partial charge in [0.25, 0.3) is 0 Å². The Labute approximate surface area is 201 Å². The highest BCUT2D eigenvalue weighted by atomic mass is 32.2. The van der Waals surface area contributed by atoms with E-state index >= 15 is 0 Å². The zero-order chi connectivity index (χ0) is 26.4. The van der Waals surface area contributed by atoms with Crippen molar-refractivity contribution in [3.05, 3.63) is 0 Å². The lowest BCUT2D eigenvalue weighted by Gasteiger charge is -2.25. The SMILES string of the molecule is CSCCC(NC(=O)C(N)C(C)C)C(=O)NC(CCC(=O)O)C(=O)NC(CCC(=O)O)C(=O)O. The molecule has 0 aromatic carbocycles. The maximum absolute atomic E-state index is 12.9. The molecule has 0 bridgehead atoms. The van der Waals surface area contributed by atoms with Crippen LogP contribution in [0.3, 0.4) is 0 Å². The number of hydrogen-bond donors (Lipinski definition) is 7. The van der Waals surface area contributed by atoms with Crippen molar-refractivity contribution in [2.45, 2.75) is 70.1 Å². The molecule has 34 heavy (non-hydrogen) atoms. The van der Waals surface area contributed by atoms with Gasteiger partial charge in [0.15, 0.2) is 0 Å². The number of nitrogens with two attached hydrogens (primary N) is 1. The van der Waals surface area contributed by atoms with Crippen LogP contribution in [0.4, 0.5) is 0 Å². The van der Waals surface area contributed by atoms with Gasteiger partial charge in [0, 0.05) is 12.8 Å². The second-order valence-electron chi connectivity index (χ2n) is 7.94. The third-order valence-electron chi connectivity index (χ3n) is 4.81. The molecule has 0 radical (unpaired) electrons. The first-order chi connectivity index (χ1) is 15.8. The number of nitrogens with one attached hydrogen (secondary N) is 3. The second-order valence-corrected chi connectivity index (χ2v) is 8.92. The van der Waals surface area contributed by atoms with E-state index in [-0.39, 0.29) is 18.8 Å². The predicted octanol–water partition coefficient (Wildman–Crippen LogP) is -1.01. The van der Waals surface area contributed by atoms with E-state index < -0.39 is 79.1 Å².